The van der Waals surface area contributed by atoms with E-state index in [2.05, 4.69) is 37.2 Å². The summed E-state index contributed by atoms with van der Waals surface area (Å²) in [6.07, 6.45) is -4.92. The predicted molar refractivity (Wildman–Crippen MR) is 252 cm³/mol. The number of benzene rings is 1. The predicted octanol–water partition coefficient (Wildman–Crippen LogP) is -4.63. The molecule has 1 aromatic carbocycles. The van der Waals surface area contributed by atoms with Gasteiger partial charge in [-0.1, -0.05) is 0 Å². The van der Waals surface area contributed by atoms with Gasteiger partial charge in [-0.25, -0.2) is 0 Å². The van der Waals surface area contributed by atoms with Crippen molar-refractivity contribution >= 4 is 86.8 Å². The van der Waals surface area contributed by atoms with Crippen LogP contribution in [0.5, 0.6) is 5.75 Å². The number of primary amides is 3. The molecule has 2 saturated heterocycles. The zero-order valence-electron chi connectivity index (χ0n) is 39.8. The molecule has 0 aliphatic carbocycles. The molecule has 10 atom stereocenters. The number of phenols is 1. The number of hydrogen-bond acceptors (Lipinski definition) is 17. The van der Waals surface area contributed by atoms with E-state index in [9.17, 15) is 63.3 Å². The second kappa shape index (κ2) is 29.3. The number of carbonyl (C=O) groups is 11. The number of aliphatic hydroxyl groups excluding tert-OH is 2. The van der Waals surface area contributed by atoms with Crippen LogP contribution in [0.25, 0.3) is 0 Å². The van der Waals surface area contributed by atoms with Gasteiger partial charge < -0.3 is 5.73 Å². The number of nitrogens with one attached hydrogen (secondary N) is 7. The summed E-state index contributed by atoms with van der Waals surface area (Å²) in [6.45, 7) is 4.30. The average molecular weight is 1230 g/mol. The van der Waals surface area contributed by atoms with Crippen molar-refractivity contribution in [3.63, 3.8) is 0 Å². The molecule has 16 N–H and O–H groups in total. The topological polar surface area (TPSA) is 417 Å². The molecule has 0 spiro atoms. The Balaban J connectivity index is 2.21. The van der Waals surface area contributed by atoms with Crippen LogP contribution >= 0.6 is 21.8 Å². The molecule has 8 unspecified atom stereocenters. The number of nitrogens with two attached hydrogens (primary N) is 3. The van der Waals surface area contributed by atoms with Gasteiger partial charge in [0.2, 0.25) is 0 Å². The van der Waals surface area contributed by atoms with Gasteiger partial charge in [0.15, 0.2) is 0 Å². The molecule has 2 fully saturated rings. The van der Waals surface area contributed by atoms with E-state index >= 15 is 4.79 Å². The summed E-state index contributed by atoms with van der Waals surface area (Å²) in [7, 11) is 2.09. The third-order valence-electron chi connectivity index (χ3n) is 11.1. The first-order chi connectivity index (χ1) is 33.4. The van der Waals surface area contributed by atoms with Crippen molar-refractivity contribution < 1.29 is 92.9 Å². The fourth-order valence-electron chi connectivity index (χ4n) is 7.30. The van der Waals surface area contributed by atoms with Crippen molar-refractivity contribution in [3.05, 3.63) is 29.8 Å². The van der Waals surface area contributed by atoms with Crippen molar-refractivity contribution in [2.45, 2.75) is 125 Å². The van der Waals surface area contributed by atoms with Crippen LogP contribution < -0.4 is 54.4 Å². The number of fused-ring (bicyclic) bond motifs is 2. The minimum atomic E-state index is -3.19. The molecule has 1 aromatic rings. The third kappa shape index (κ3) is 19.7. The Bertz CT molecular complexity index is 2110. The van der Waals surface area contributed by atoms with E-state index in [-0.39, 0.29) is 36.7 Å². The van der Waals surface area contributed by atoms with Gasteiger partial charge in [0.1, 0.15) is 0 Å². The fourth-order valence-corrected chi connectivity index (χ4v) is 25.2. The first kappa shape index (κ1) is 60.0. The average Bonchev–Trinajstić information content (AvgIpc) is 3.31. The van der Waals surface area contributed by atoms with Crippen molar-refractivity contribution in [2.24, 2.45) is 23.1 Å². The Morgan fingerprint density at radius 1 is 0.803 bits per heavy atom. The number of hydrogen-bond donors (Lipinski definition) is 13. The first-order valence-corrected chi connectivity index (χ1v) is 30.7. The molecular formula is C42H64HgN12O14S2. The molecule has 2 heterocycles. The summed E-state index contributed by atoms with van der Waals surface area (Å²) < 4.78 is 0.631. The van der Waals surface area contributed by atoms with Gasteiger partial charge >= 0.3 is 422 Å². The summed E-state index contributed by atoms with van der Waals surface area (Å²) in [6, 6.07) is -3.10. The van der Waals surface area contributed by atoms with E-state index in [1.807, 2.05) is 0 Å². The molecule has 390 valence electrons. The molecule has 0 radical (unpaired) electrons. The molecule has 71 heavy (non-hydrogen) atoms. The number of phenolic OH excluding ortho intramolecular Hbond substituents is 1. The summed E-state index contributed by atoms with van der Waals surface area (Å²) in [4.78, 5) is 150. The van der Waals surface area contributed by atoms with Gasteiger partial charge in [0, 0.05) is 0 Å². The number of aromatic hydroxyl groups is 1. The van der Waals surface area contributed by atoms with Gasteiger partial charge in [0.05, 0.1) is 0 Å². The normalized spacial score (nSPS) is 23.4. The third-order valence-corrected chi connectivity index (χ3v) is 27.1. The second-order valence-corrected chi connectivity index (χ2v) is 29.5. The molecule has 29 heteroatoms. The number of aliphatic hydroxyl groups is 2. The molecule has 2 bridgehead atoms. The van der Waals surface area contributed by atoms with Gasteiger partial charge in [-0.3, -0.25) is 4.79 Å². The van der Waals surface area contributed by atoms with Gasteiger partial charge in [0.25, 0.3) is 0 Å². The van der Waals surface area contributed by atoms with Crippen molar-refractivity contribution in [1.82, 2.24) is 44.2 Å². The standard InChI is InChI=1S/C42H64N12O14S2.Hg/c1-5-6-26-38(64)49-27(11-12-31(43)58)39(65)51-30(17-32(44)59)41(67)52-35(53-70-69-14-13-34(61)47-29(40(66)48-26)16-23-7-9-24(56)10-8-23)42(68)54(19-25(57)20-55)22(4)36(62)50-28(15-21(2)3)37(63)46-18-33(45)60;/h7-10,13,21-22,25-30,35,55-57H,5-6,11-12,14-20H2,1-4H3,(H2,43,58)(H2,44,59)(H2,45,60)(H,46,63)(H,47,61)(H,48,66)(H,49,64)(H,50,62)(H,51,65)(H,52,67);/q-1;+1/t22?,25?,26?,27?,28-,29?,30?,35-;/m0./s1. The number of amides is 11. The van der Waals surface area contributed by atoms with E-state index < -0.39 is 181 Å². The maximum atomic E-state index is 15.1. The molecule has 3 rings (SSSR count). The fraction of sp³-hybridized carbons (Fsp3) is 0.595. The summed E-state index contributed by atoms with van der Waals surface area (Å²) in [5.41, 5.74) is 16.6. The van der Waals surface area contributed by atoms with E-state index in [1.54, 1.807) is 20.8 Å². The van der Waals surface area contributed by atoms with E-state index in [4.69, 9.17) is 17.2 Å². The van der Waals surface area contributed by atoms with Crippen LogP contribution in [-0.4, -0.2) is 161 Å². The van der Waals surface area contributed by atoms with Crippen LogP contribution in [0.2, 0.25) is 3.43 Å². The molecule has 2 aliphatic rings. The van der Waals surface area contributed by atoms with E-state index in [0.717, 1.165) is 26.7 Å². The van der Waals surface area contributed by atoms with Crippen LogP contribution in [0, 0.1) is 5.92 Å². The van der Waals surface area contributed by atoms with Crippen molar-refractivity contribution in [1.29, 1.82) is 0 Å². The van der Waals surface area contributed by atoms with Gasteiger partial charge in [-0.2, -0.15) is 0 Å². The SMILES string of the molecule is CCCC1NC(=O)C(Cc2ccc(O)cc2)NC(=O)[CH]2CSS[N]([Hg]2)[C@@H](C(=O)N(CC(O)CO)C(C)C(=O)N[C@@H](CC(C)C)C(=O)NCC(N)=O)NC(=O)C(CC(N)=O)NC(=O)C(CCC(N)=O)NC1=O. The van der Waals surface area contributed by atoms with Gasteiger partial charge in [-0.05, 0) is 0 Å². The summed E-state index contributed by atoms with van der Waals surface area (Å²) in [5.74, 6) is -10.3. The first-order valence-electron chi connectivity index (χ1n) is 22.8. The van der Waals surface area contributed by atoms with Gasteiger partial charge in [-0.15, -0.1) is 0 Å². The zero-order valence-corrected chi connectivity index (χ0v) is 47.0. The molecule has 0 saturated carbocycles. The van der Waals surface area contributed by atoms with Crippen molar-refractivity contribution in [3.8, 4) is 5.75 Å². The summed E-state index contributed by atoms with van der Waals surface area (Å²) >= 11 is -3.19. The molecule has 11 amide bonds. The number of rotatable bonds is 21. The minimum absolute atomic E-state index is 0.0453. The Labute approximate surface area is 430 Å². The van der Waals surface area contributed by atoms with Crippen LogP contribution in [0.15, 0.2) is 24.3 Å². The van der Waals surface area contributed by atoms with E-state index in [0.29, 0.717) is 12.0 Å². The zero-order chi connectivity index (χ0) is 53.1. The van der Waals surface area contributed by atoms with Crippen LogP contribution in [0.1, 0.15) is 71.8 Å². The Morgan fingerprint density at radius 3 is 1.94 bits per heavy atom. The number of nitrogens with zero attached hydrogens (tertiary/aromatic N) is 2. The molecule has 2 aliphatic heterocycles. The summed E-state index contributed by atoms with van der Waals surface area (Å²) in [5, 5.41) is 48.3. The molecule has 26 nitrogen and oxygen atoms in total. The van der Waals surface area contributed by atoms with Crippen molar-refractivity contribution in [2.75, 3.05) is 25.4 Å². The maximum absolute atomic E-state index is 15.1. The quantitative estimate of drug-likeness (QED) is 0.0313. The molecular weight excluding hydrogens is 1160 g/mol. The Morgan fingerprint density at radius 2 is 1.38 bits per heavy atom. The van der Waals surface area contributed by atoms with Crippen LogP contribution in [-0.2, 0) is 84.0 Å². The van der Waals surface area contributed by atoms with Crippen LogP contribution in [0.4, 0.5) is 0 Å². The molecule has 0 aromatic heterocycles. The van der Waals surface area contributed by atoms with E-state index in [1.165, 1.54) is 33.3 Å². The monoisotopic (exact) mass is 1230 g/mol. The second-order valence-electron chi connectivity index (χ2n) is 17.5. The van der Waals surface area contributed by atoms with Crippen LogP contribution in [0.3, 0.4) is 0 Å². The Hall–Kier alpha value is -5.29. The Kier molecular flexibility index (Phi) is 24.7. The number of carbonyl (C=O) groups excluding carboxylic acids is 11.